The number of oxime groups is 1. The first-order chi connectivity index (χ1) is 7.24. The second kappa shape index (κ2) is 3.68. The van der Waals surface area contributed by atoms with Gasteiger partial charge in [-0.3, -0.25) is 10.1 Å². The van der Waals surface area contributed by atoms with Gasteiger partial charge in [0.15, 0.2) is 5.71 Å². The summed E-state index contributed by atoms with van der Waals surface area (Å²) in [5, 5.41) is 22.7. The Morgan fingerprint density at radius 2 is 2.20 bits per heavy atom. The van der Waals surface area contributed by atoms with Crippen LogP contribution in [-0.4, -0.2) is 21.9 Å². The van der Waals surface area contributed by atoms with Crippen LogP contribution in [0.5, 0.6) is 0 Å². The molecule has 0 aromatic heterocycles. The molecular formula is C10H10N2O3. The van der Waals surface area contributed by atoms with Crippen molar-refractivity contribution < 1.29 is 10.1 Å². The zero-order valence-electron chi connectivity index (χ0n) is 7.96. The van der Waals surface area contributed by atoms with E-state index >= 15 is 0 Å². The van der Waals surface area contributed by atoms with Crippen molar-refractivity contribution in [1.29, 1.82) is 0 Å². The smallest absolute Gasteiger partial charge is 0.258 e. The van der Waals surface area contributed by atoms with Crippen LogP contribution < -0.4 is 0 Å². The fourth-order valence-electron chi connectivity index (χ4n) is 1.92. The molecule has 0 aliphatic heterocycles. The zero-order valence-corrected chi connectivity index (χ0v) is 7.96. The average Bonchev–Trinajstić information content (AvgIpc) is 2.27. The maximum Gasteiger partial charge on any atom is 0.258 e. The highest BCUT2D eigenvalue weighted by molar-refractivity contribution is 6.05. The van der Waals surface area contributed by atoms with Crippen LogP contribution in [-0.2, 0) is 6.42 Å². The summed E-state index contributed by atoms with van der Waals surface area (Å²) in [6.45, 7) is 0. The molecule has 0 heterocycles. The molecule has 0 spiro atoms. The zero-order chi connectivity index (χ0) is 10.8. The van der Waals surface area contributed by atoms with E-state index in [-0.39, 0.29) is 5.71 Å². The van der Waals surface area contributed by atoms with Gasteiger partial charge in [0.1, 0.15) is 0 Å². The summed E-state index contributed by atoms with van der Waals surface area (Å²) in [6, 6.07) is 6.42. The van der Waals surface area contributed by atoms with Gasteiger partial charge >= 0.3 is 0 Å². The van der Waals surface area contributed by atoms with Crippen LogP contribution in [0.2, 0.25) is 0 Å². The Balaban J connectivity index is 2.48. The van der Waals surface area contributed by atoms with E-state index in [0.717, 1.165) is 5.56 Å². The molecule has 0 saturated carbocycles. The van der Waals surface area contributed by atoms with Gasteiger partial charge in [-0.05, 0) is 12.0 Å². The Kier molecular flexibility index (Phi) is 2.37. The van der Waals surface area contributed by atoms with Gasteiger partial charge in [-0.15, -0.1) is 0 Å². The molecule has 5 nitrogen and oxygen atoms in total. The third kappa shape index (κ3) is 1.56. The van der Waals surface area contributed by atoms with Crippen LogP contribution in [0, 0.1) is 10.1 Å². The van der Waals surface area contributed by atoms with E-state index in [0.29, 0.717) is 18.4 Å². The molecule has 0 saturated heterocycles. The first-order valence-electron chi connectivity index (χ1n) is 4.67. The topological polar surface area (TPSA) is 75.7 Å². The molecule has 5 heteroatoms. The monoisotopic (exact) mass is 206 g/mol. The minimum absolute atomic E-state index is 0.168. The van der Waals surface area contributed by atoms with Gasteiger partial charge in [-0.25, -0.2) is 0 Å². The van der Waals surface area contributed by atoms with Crippen molar-refractivity contribution in [1.82, 2.24) is 0 Å². The molecule has 78 valence electrons. The van der Waals surface area contributed by atoms with E-state index in [1.807, 2.05) is 12.1 Å². The van der Waals surface area contributed by atoms with Gasteiger partial charge in [0.05, 0.1) is 0 Å². The third-order valence-electron chi connectivity index (χ3n) is 2.66. The van der Waals surface area contributed by atoms with Gasteiger partial charge in [0.25, 0.3) is 6.04 Å². The second-order valence-electron chi connectivity index (χ2n) is 3.48. The minimum Gasteiger partial charge on any atom is -0.410 e. The molecule has 1 N–H and O–H groups in total. The highest BCUT2D eigenvalue weighted by Gasteiger charge is 2.34. The number of fused-ring (bicyclic) bond motifs is 1. The first-order valence-corrected chi connectivity index (χ1v) is 4.67. The Hall–Kier alpha value is -1.91. The molecule has 0 amide bonds. The van der Waals surface area contributed by atoms with Gasteiger partial charge < -0.3 is 5.21 Å². The number of nitrogens with zero attached hydrogens (tertiary/aromatic N) is 2. The standard InChI is InChI=1S/C10H10N2O3/c13-11-10-8-4-2-1-3-7(8)5-6-9(10)12(14)15/h1-4,9,13H,5-6H2. The first kappa shape index (κ1) is 9.64. The van der Waals surface area contributed by atoms with Crippen LogP contribution in [0.25, 0.3) is 0 Å². The highest BCUT2D eigenvalue weighted by Crippen LogP contribution is 2.23. The van der Waals surface area contributed by atoms with Gasteiger partial charge in [-0.2, -0.15) is 0 Å². The molecule has 15 heavy (non-hydrogen) atoms. The molecule has 1 aliphatic rings. The van der Waals surface area contributed by atoms with Crippen molar-refractivity contribution in [3.05, 3.63) is 45.5 Å². The minimum atomic E-state index is -0.884. The average molecular weight is 206 g/mol. The van der Waals surface area contributed by atoms with Crippen LogP contribution in [0.15, 0.2) is 29.4 Å². The third-order valence-corrected chi connectivity index (χ3v) is 2.66. The lowest BCUT2D eigenvalue weighted by Crippen LogP contribution is -2.35. The summed E-state index contributed by atoms with van der Waals surface area (Å²) in [5.74, 6) is 0. The fourth-order valence-corrected chi connectivity index (χ4v) is 1.92. The molecule has 1 aromatic rings. The lowest BCUT2D eigenvalue weighted by Gasteiger charge is -2.19. The van der Waals surface area contributed by atoms with Crippen molar-refractivity contribution in [3.63, 3.8) is 0 Å². The molecule has 0 fully saturated rings. The molecule has 0 bridgehead atoms. The Labute approximate surface area is 86.2 Å². The number of hydrogen-bond donors (Lipinski definition) is 1. The Morgan fingerprint density at radius 3 is 2.87 bits per heavy atom. The van der Waals surface area contributed by atoms with Crippen LogP contribution >= 0.6 is 0 Å². The SMILES string of the molecule is O=[N+]([O-])C1CCc2ccccc2C1=NO. The summed E-state index contributed by atoms with van der Waals surface area (Å²) >= 11 is 0. The van der Waals surface area contributed by atoms with Crippen molar-refractivity contribution in [3.8, 4) is 0 Å². The number of aryl methyl sites for hydroxylation is 1. The number of rotatable bonds is 1. The number of benzene rings is 1. The van der Waals surface area contributed by atoms with E-state index < -0.39 is 11.0 Å². The van der Waals surface area contributed by atoms with E-state index in [9.17, 15) is 10.1 Å². The fraction of sp³-hybridized carbons (Fsp3) is 0.300. The molecule has 1 atom stereocenters. The van der Waals surface area contributed by atoms with Crippen molar-refractivity contribution in [2.75, 3.05) is 0 Å². The van der Waals surface area contributed by atoms with Crippen molar-refractivity contribution in [2.24, 2.45) is 5.16 Å². The summed E-state index contributed by atoms with van der Waals surface area (Å²) in [6.07, 6.45) is 1.05. The predicted octanol–water partition coefficient (Wildman–Crippen LogP) is 1.46. The maximum atomic E-state index is 10.7. The molecule has 1 aromatic carbocycles. The summed E-state index contributed by atoms with van der Waals surface area (Å²) in [7, 11) is 0. The molecule has 2 rings (SSSR count). The van der Waals surface area contributed by atoms with E-state index in [1.165, 1.54) is 0 Å². The largest absolute Gasteiger partial charge is 0.410 e. The van der Waals surface area contributed by atoms with Gasteiger partial charge in [0, 0.05) is 16.9 Å². The lowest BCUT2D eigenvalue weighted by atomic mass is 9.87. The summed E-state index contributed by atoms with van der Waals surface area (Å²) in [4.78, 5) is 10.3. The van der Waals surface area contributed by atoms with Gasteiger partial charge in [-0.1, -0.05) is 29.4 Å². The van der Waals surface area contributed by atoms with Crippen molar-refractivity contribution in [2.45, 2.75) is 18.9 Å². The van der Waals surface area contributed by atoms with Gasteiger partial charge in [0.2, 0.25) is 0 Å². The maximum absolute atomic E-state index is 10.7. The second-order valence-corrected chi connectivity index (χ2v) is 3.48. The summed E-state index contributed by atoms with van der Waals surface area (Å²) in [5.41, 5.74) is 1.86. The van der Waals surface area contributed by atoms with E-state index in [4.69, 9.17) is 5.21 Å². The van der Waals surface area contributed by atoms with E-state index in [2.05, 4.69) is 5.16 Å². The molecule has 0 radical (unpaired) electrons. The van der Waals surface area contributed by atoms with Crippen LogP contribution in [0.1, 0.15) is 17.5 Å². The number of hydrogen-bond acceptors (Lipinski definition) is 4. The lowest BCUT2D eigenvalue weighted by molar-refractivity contribution is -0.503. The molecule has 1 unspecified atom stereocenters. The molecule has 1 aliphatic carbocycles. The normalized spacial score (nSPS) is 22.4. The number of nitro groups is 1. The quantitative estimate of drug-likeness (QED) is 0.429. The highest BCUT2D eigenvalue weighted by atomic mass is 16.6. The molecular weight excluding hydrogens is 196 g/mol. The Morgan fingerprint density at radius 1 is 1.47 bits per heavy atom. The summed E-state index contributed by atoms with van der Waals surface area (Å²) < 4.78 is 0. The Bertz CT molecular complexity index is 428. The van der Waals surface area contributed by atoms with Crippen molar-refractivity contribution >= 4 is 5.71 Å². The van der Waals surface area contributed by atoms with Crippen LogP contribution in [0.3, 0.4) is 0 Å². The van der Waals surface area contributed by atoms with Crippen LogP contribution in [0.4, 0.5) is 0 Å². The predicted molar refractivity (Wildman–Crippen MR) is 53.9 cm³/mol. The van der Waals surface area contributed by atoms with E-state index in [1.54, 1.807) is 12.1 Å².